The van der Waals surface area contributed by atoms with Crippen molar-refractivity contribution < 1.29 is 0 Å². The minimum atomic E-state index is 0.940. The number of aromatic nitrogens is 3. The molecule has 0 saturated carbocycles. The van der Waals surface area contributed by atoms with Gasteiger partial charge < -0.3 is 0 Å². The molecule has 3 aromatic heterocycles. The Labute approximate surface area is 276 Å². The van der Waals surface area contributed by atoms with Crippen molar-refractivity contribution in [3.05, 3.63) is 164 Å². The number of hydrogen-bond donors (Lipinski definition) is 0. The predicted molar refractivity (Wildman–Crippen MR) is 201 cm³/mol. The van der Waals surface area contributed by atoms with E-state index in [1.807, 2.05) is 12.4 Å². The van der Waals surface area contributed by atoms with Crippen LogP contribution < -0.4 is 0 Å². The number of benzene rings is 7. The minimum absolute atomic E-state index is 0.940. The molecule has 0 unspecified atom stereocenters. The Morgan fingerprint density at radius 2 is 0.812 bits per heavy atom. The number of rotatable bonds is 3. The van der Waals surface area contributed by atoms with Gasteiger partial charge in [0.25, 0.3) is 0 Å². The summed E-state index contributed by atoms with van der Waals surface area (Å²) < 4.78 is 0. The number of hydrogen-bond acceptors (Lipinski definition) is 3. The maximum absolute atomic E-state index is 5.29. The lowest BCUT2D eigenvalue weighted by molar-refractivity contribution is 1.36. The second-order valence-corrected chi connectivity index (χ2v) is 12.4. The predicted octanol–water partition coefficient (Wildman–Crippen LogP) is 11.8. The van der Waals surface area contributed by atoms with E-state index in [9.17, 15) is 0 Å². The zero-order valence-electron chi connectivity index (χ0n) is 25.9. The van der Waals surface area contributed by atoms with Crippen LogP contribution >= 0.6 is 0 Å². The quantitative estimate of drug-likeness (QED) is 0.148. The lowest BCUT2D eigenvalue weighted by atomic mass is 9.86. The lowest BCUT2D eigenvalue weighted by Gasteiger charge is -2.19. The zero-order chi connectivity index (χ0) is 31.6. The van der Waals surface area contributed by atoms with Crippen LogP contribution in [0.3, 0.4) is 0 Å². The van der Waals surface area contributed by atoms with Gasteiger partial charge in [-0.15, -0.1) is 0 Å². The molecular formula is C45H27N3. The summed E-state index contributed by atoms with van der Waals surface area (Å²) in [5.74, 6) is 0. The van der Waals surface area contributed by atoms with E-state index in [0.29, 0.717) is 0 Å². The lowest BCUT2D eigenvalue weighted by Crippen LogP contribution is -1.96. The van der Waals surface area contributed by atoms with Crippen molar-refractivity contribution in [2.75, 3.05) is 0 Å². The molecule has 0 bridgehead atoms. The van der Waals surface area contributed by atoms with E-state index in [2.05, 4.69) is 152 Å². The van der Waals surface area contributed by atoms with E-state index in [1.54, 1.807) is 0 Å². The van der Waals surface area contributed by atoms with Gasteiger partial charge in [-0.05, 0) is 62.0 Å². The molecule has 3 heterocycles. The van der Waals surface area contributed by atoms with Crippen LogP contribution in [-0.2, 0) is 0 Å². The fraction of sp³-hybridized carbons (Fsp3) is 0. The summed E-state index contributed by atoms with van der Waals surface area (Å²) in [5.41, 5.74) is 7.22. The molecule has 0 atom stereocenters. The molecule has 10 aromatic rings. The van der Waals surface area contributed by atoms with Gasteiger partial charge in [0.2, 0.25) is 0 Å². The summed E-state index contributed by atoms with van der Waals surface area (Å²) in [6.07, 6.45) is 3.86. The van der Waals surface area contributed by atoms with Crippen molar-refractivity contribution in [3.8, 4) is 33.8 Å². The van der Waals surface area contributed by atoms with Crippen LogP contribution in [0.2, 0.25) is 0 Å². The molecule has 0 N–H and O–H groups in total. The van der Waals surface area contributed by atoms with Crippen molar-refractivity contribution in [2.24, 2.45) is 0 Å². The molecule has 0 radical (unpaired) electrons. The van der Waals surface area contributed by atoms with Crippen molar-refractivity contribution in [1.82, 2.24) is 15.0 Å². The standard InChI is InChI=1S/C45H27N3/c1-4-12-33-28(9-1)17-18-31-20-22-40(48-43(31)33)32-19-21-38-39(27-32)42(45-35-14-6-3-11-30(35)24-26-47-45)37-16-8-7-15-36(37)41(38)44-34-13-5-2-10-29(34)23-25-46-44/h1-27H. The Kier molecular flexibility index (Phi) is 5.87. The normalized spacial score (nSPS) is 11.8. The molecule has 0 aliphatic carbocycles. The fourth-order valence-corrected chi connectivity index (χ4v) is 7.50. The van der Waals surface area contributed by atoms with Crippen molar-refractivity contribution in [1.29, 1.82) is 0 Å². The van der Waals surface area contributed by atoms with Crippen LogP contribution in [0, 0.1) is 0 Å². The van der Waals surface area contributed by atoms with Crippen LogP contribution in [0.15, 0.2) is 164 Å². The molecule has 0 aliphatic heterocycles. The highest BCUT2D eigenvalue weighted by Gasteiger charge is 2.21. The third-order valence-electron chi connectivity index (χ3n) is 9.73. The molecular weight excluding hydrogens is 583 g/mol. The van der Waals surface area contributed by atoms with Gasteiger partial charge >= 0.3 is 0 Å². The first-order valence-corrected chi connectivity index (χ1v) is 16.3. The smallest absolute Gasteiger partial charge is 0.0792 e. The molecule has 7 aromatic carbocycles. The van der Waals surface area contributed by atoms with Crippen molar-refractivity contribution in [2.45, 2.75) is 0 Å². The molecule has 10 rings (SSSR count). The zero-order valence-corrected chi connectivity index (χ0v) is 25.9. The van der Waals surface area contributed by atoms with Gasteiger partial charge in [0.15, 0.2) is 0 Å². The van der Waals surface area contributed by atoms with E-state index < -0.39 is 0 Å². The van der Waals surface area contributed by atoms with E-state index in [4.69, 9.17) is 15.0 Å². The first-order valence-electron chi connectivity index (χ1n) is 16.3. The molecule has 0 saturated heterocycles. The van der Waals surface area contributed by atoms with E-state index in [1.165, 1.54) is 16.2 Å². The summed E-state index contributed by atoms with van der Waals surface area (Å²) in [7, 11) is 0. The highest BCUT2D eigenvalue weighted by atomic mass is 14.7. The molecule has 0 spiro atoms. The van der Waals surface area contributed by atoms with E-state index >= 15 is 0 Å². The molecule has 222 valence electrons. The summed E-state index contributed by atoms with van der Waals surface area (Å²) in [6, 6.07) is 53.9. The van der Waals surface area contributed by atoms with E-state index in [0.717, 1.165) is 82.4 Å². The number of nitrogens with zero attached hydrogens (tertiary/aromatic N) is 3. The maximum atomic E-state index is 5.29. The minimum Gasteiger partial charge on any atom is -0.256 e. The van der Waals surface area contributed by atoms with Gasteiger partial charge in [0.1, 0.15) is 0 Å². The molecule has 48 heavy (non-hydrogen) atoms. The fourth-order valence-electron chi connectivity index (χ4n) is 7.50. The SMILES string of the molecule is c1ccc2c(-c3c4ccccc4c(-c4nccc5ccccc45)c4cc(-c5ccc6ccc7ccccc7c6n5)ccc34)nccc2c1. The topological polar surface area (TPSA) is 38.7 Å². The van der Waals surface area contributed by atoms with Gasteiger partial charge in [0.05, 0.1) is 22.6 Å². The maximum Gasteiger partial charge on any atom is 0.0792 e. The molecule has 3 nitrogen and oxygen atoms in total. The highest BCUT2D eigenvalue weighted by molar-refractivity contribution is 6.24. The second-order valence-electron chi connectivity index (χ2n) is 12.4. The van der Waals surface area contributed by atoms with Crippen LogP contribution in [0.4, 0.5) is 0 Å². The first kappa shape index (κ1) is 26.7. The summed E-state index contributed by atoms with van der Waals surface area (Å²) in [4.78, 5) is 15.4. The van der Waals surface area contributed by atoms with Crippen LogP contribution in [0.1, 0.15) is 0 Å². The van der Waals surface area contributed by atoms with Gasteiger partial charge in [-0.25, -0.2) is 4.98 Å². The average molecular weight is 610 g/mol. The Balaban J connectivity index is 1.35. The summed E-state index contributed by atoms with van der Waals surface area (Å²) in [5, 5.41) is 12.6. The van der Waals surface area contributed by atoms with Gasteiger partial charge in [-0.3, -0.25) is 9.97 Å². The van der Waals surface area contributed by atoms with Gasteiger partial charge in [-0.2, -0.15) is 0 Å². The summed E-state index contributed by atoms with van der Waals surface area (Å²) >= 11 is 0. The number of pyridine rings is 3. The Hall–Kier alpha value is -6.45. The van der Waals surface area contributed by atoms with Crippen LogP contribution in [-0.4, -0.2) is 15.0 Å². The van der Waals surface area contributed by atoms with Crippen LogP contribution in [0.25, 0.3) is 98.5 Å². The van der Waals surface area contributed by atoms with Gasteiger partial charge in [0, 0.05) is 50.6 Å². The Bertz CT molecular complexity index is 2900. The Morgan fingerprint density at radius 1 is 0.333 bits per heavy atom. The highest BCUT2D eigenvalue weighted by Crippen LogP contribution is 2.46. The van der Waals surface area contributed by atoms with Crippen LogP contribution in [0.5, 0.6) is 0 Å². The van der Waals surface area contributed by atoms with Gasteiger partial charge in [-0.1, -0.05) is 127 Å². The molecule has 0 amide bonds. The Morgan fingerprint density at radius 3 is 1.46 bits per heavy atom. The van der Waals surface area contributed by atoms with E-state index in [-0.39, 0.29) is 0 Å². The van der Waals surface area contributed by atoms with Crippen molar-refractivity contribution >= 4 is 64.8 Å². The second kappa shape index (κ2) is 10.5. The monoisotopic (exact) mass is 609 g/mol. The largest absolute Gasteiger partial charge is 0.256 e. The molecule has 0 fully saturated rings. The first-order chi connectivity index (χ1) is 23.8. The van der Waals surface area contributed by atoms with Crippen molar-refractivity contribution in [3.63, 3.8) is 0 Å². The summed E-state index contributed by atoms with van der Waals surface area (Å²) in [6.45, 7) is 0. The number of fused-ring (bicyclic) bond motifs is 7. The average Bonchev–Trinajstić information content (AvgIpc) is 3.16. The third-order valence-corrected chi connectivity index (χ3v) is 9.73. The third kappa shape index (κ3) is 4.04. The molecule has 3 heteroatoms. The molecule has 0 aliphatic rings.